The molecule has 0 aliphatic carbocycles. The van der Waals surface area contributed by atoms with E-state index in [1.807, 2.05) is 109 Å². The van der Waals surface area contributed by atoms with Crippen molar-refractivity contribution in [1.82, 2.24) is 9.97 Å². The van der Waals surface area contributed by atoms with Gasteiger partial charge in [0.15, 0.2) is 5.16 Å². The molecule has 4 nitrogen and oxygen atoms in total. The van der Waals surface area contributed by atoms with Crippen molar-refractivity contribution in [2.45, 2.75) is 5.16 Å². The van der Waals surface area contributed by atoms with Crippen LogP contribution in [-0.4, -0.2) is 21.6 Å². The number of benzene rings is 4. The Labute approximate surface area is 209 Å². The molecule has 1 N–H and O–H groups in total. The van der Waals surface area contributed by atoms with Crippen molar-refractivity contribution in [3.8, 4) is 33.6 Å². The summed E-state index contributed by atoms with van der Waals surface area (Å²) >= 11 is 1.33. The molecule has 0 fully saturated rings. The van der Waals surface area contributed by atoms with Crippen LogP contribution in [0.2, 0.25) is 0 Å². The first-order valence-corrected chi connectivity index (χ1v) is 12.3. The number of nitrogens with one attached hydrogen (secondary N) is 1. The van der Waals surface area contributed by atoms with Gasteiger partial charge in [-0.25, -0.2) is 9.97 Å². The molecule has 4 aromatic carbocycles. The number of nitrogens with zero attached hydrogens (tertiary/aromatic N) is 2. The standard InChI is InChI=1S/C30H23N3OS/c34-29(31-26-18-16-23(17-19-26)22-10-4-1-5-11-22)21-35-30-32-27(24-12-6-2-7-13-24)20-28(33-30)25-14-8-3-9-15-25/h1-20H,21H2,(H,31,34). The lowest BCUT2D eigenvalue weighted by Gasteiger charge is -2.09. The highest BCUT2D eigenvalue weighted by atomic mass is 32.2. The Morgan fingerprint density at radius 1 is 0.600 bits per heavy atom. The number of thioether (sulfide) groups is 1. The van der Waals surface area contributed by atoms with Crippen LogP contribution in [0.3, 0.4) is 0 Å². The Bertz CT molecular complexity index is 1350. The second-order valence-electron chi connectivity index (χ2n) is 7.93. The average molecular weight is 474 g/mol. The summed E-state index contributed by atoms with van der Waals surface area (Å²) in [6.45, 7) is 0. The Hall–Kier alpha value is -4.22. The van der Waals surface area contributed by atoms with Gasteiger partial charge in [-0.05, 0) is 29.3 Å². The summed E-state index contributed by atoms with van der Waals surface area (Å²) in [6.07, 6.45) is 0. The summed E-state index contributed by atoms with van der Waals surface area (Å²) in [5.41, 5.74) is 6.70. The van der Waals surface area contributed by atoms with E-state index in [-0.39, 0.29) is 11.7 Å². The van der Waals surface area contributed by atoms with E-state index < -0.39 is 0 Å². The van der Waals surface area contributed by atoms with Crippen LogP contribution in [0.25, 0.3) is 33.6 Å². The van der Waals surface area contributed by atoms with Crippen LogP contribution in [-0.2, 0) is 4.79 Å². The molecule has 0 radical (unpaired) electrons. The van der Waals surface area contributed by atoms with Crippen LogP contribution in [0.5, 0.6) is 0 Å². The number of hydrogen-bond donors (Lipinski definition) is 1. The Balaban J connectivity index is 1.30. The van der Waals surface area contributed by atoms with E-state index in [1.54, 1.807) is 0 Å². The lowest BCUT2D eigenvalue weighted by atomic mass is 10.1. The molecular formula is C30H23N3OS. The fourth-order valence-corrected chi connectivity index (χ4v) is 4.37. The van der Waals surface area contributed by atoms with E-state index in [4.69, 9.17) is 9.97 Å². The number of hydrogen-bond acceptors (Lipinski definition) is 4. The lowest BCUT2D eigenvalue weighted by molar-refractivity contribution is -0.113. The normalized spacial score (nSPS) is 10.6. The predicted molar refractivity (Wildman–Crippen MR) is 144 cm³/mol. The van der Waals surface area contributed by atoms with Gasteiger partial charge < -0.3 is 5.32 Å². The summed E-state index contributed by atoms with van der Waals surface area (Å²) in [5.74, 6) is 0.116. The zero-order valence-electron chi connectivity index (χ0n) is 19.0. The first kappa shape index (κ1) is 22.6. The van der Waals surface area contributed by atoms with Crippen molar-refractivity contribution in [3.63, 3.8) is 0 Å². The third kappa shape index (κ3) is 5.83. The molecule has 0 bridgehead atoms. The number of anilines is 1. The fraction of sp³-hybridized carbons (Fsp3) is 0.0333. The summed E-state index contributed by atoms with van der Waals surface area (Å²) in [6, 6.07) is 40.0. The first-order chi connectivity index (χ1) is 17.2. The first-order valence-electron chi connectivity index (χ1n) is 11.3. The third-order valence-electron chi connectivity index (χ3n) is 5.45. The van der Waals surface area contributed by atoms with Gasteiger partial charge in [0, 0.05) is 16.8 Å². The van der Waals surface area contributed by atoms with Gasteiger partial charge in [0.25, 0.3) is 0 Å². The SMILES string of the molecule is O=C(CSc1nc(-c2ccccc2)cc(-c2ccccc2)n1)Nc1ccc(-c2ccccc2)cc1. The van der Waals surface area contributed by atoms with Crippen molar-refractivity contribution in [2.24, 2.45) is 0 Å². The van der Waals surface area contributed by atoms with Gasteiger partial charge in [0.05, 0.1) is 17.1 Å². The molecule has 0 saturated carbocycles. The highest BCUT2D eigenvalue weighted by molar-refractivity contribution is 7.99. The molecule has 0 unspecified atom stereocenters. The van der Waals surface area contributed by atoms with Crippen molar-refractivity contribution in [2.75, 3.05) is 11.1 Å². The van der Waals surface area contributed by atoms with Crippen LogP contribution in [0.4, 0.5) is 5.69 Å². The Morgan fingerprint density at radius 3 is 1.57 bits per heavy atom. The Kier molecular flexibility index (Phi) is 6.97. The predicted octanol–water partition coefficient (Wildman–Crippen LogP) is 7.21. The van der Waals surface area contributed by atoms with Crippen molar-refractivity contribution < 1.29 is 4.79 Å². The number of aromatic nitrogens is 2. The monoisotopic (exact) mass is 473 g/mol. The number of amides is 1. The van der Waals surface area contributed by atoms with Crippen LogP contribution in [0.1, 0.15) is 0 Å². The van der Waals surface area contributed by atoms with Crippen molar-refractivity contribution in [1.29, 1.82) is 0 Å². The minimum absolute atomic E-state index is 0.0996. The summed E-state index contributed by atoms with van der Waals surface area (Å²) in [7, 11) is 0. The lowest BCUT2D eigenvalue weighted by Crippen LogP contribution is -2.14. The maximum Gasteiger partial charge on any atom is 0.234 e. The maximum atomic E-state index is 12.7. The smallest absolute Gasteiger partial charge is 0.234 e. The third-order valence-corrected chi connectivity index (χ3v) is 6.30. The van der Waals surface area contributed by atoms with Gasteiger partial charge in [-0.2, -0.15) is 0 Å². The van der Waals surface area contributed by atoms with Crippen molar-refractivity contribution in [3.05, 3.63) is 121 Å². The van der Waals surface area contributed by atoms with Gasteiger partial charge in [0.1, 0.15) is 0 Å². The Morgan fingerprint density at radius 2 is 1.06 bits per heavy atom. The molecular weight excluding hydrogens is 450 g/mol. The van der Waals surface area contributed by atoms with E-state index in [2.05, 4.69) is 17.4 Å². The molecule has 5 rings (SSSR count). The molecule has 0 saturated heterocycles. The zero-order valence-corrected chi connectivity index (χ0v) is 19.8. The van der Waals surface area contributed by atoms with Gasteiger partial charge >= 0.3 is 0 Å². The highest BCUT2D eigenvalue weighted by Crippen LogP contribution is 2.27. The van der Waals surface area contributed by atoms with Crippen LogP contribution in [0.15, 0.2) is 126 Å². The zero-order chi connectivity index (χ0) is 23.9. The minimum Gasteiger partial charge on any atom is -0.325 e. The van der Waals surface area contributed by atoms with Crippen LogP contribution >= 0.6 is 11.8 Å². The molecule has 1 heterocycles. The number of carbonyl (C=O) groups is 1. The van der Waals surface area contributed by atoms with Crippen LogP contribution < -0.4 is 5.32 Å². The number of rotatable bonds is 7. The van der Waals surface area contributed by atoms with E-state index in [1.165, 1.54) is 11.8 Å². The molecule has 1 aromatic heterocycles. The fourth-order valence-electron chi connectivity index (χ4n) is 3.71. The van der Waals surface area contributed by atoms with E-state index in [0.717, 1.165) is 39.3 Å². The molecule has 0 atom stereocenters. The molecule has 1 amide bonds. The molecule has 0 aliphatic heterocycles. The van der Waals surface area contributed by atoms with Crippen LogP contribution in [0, 0.1) is 0 Å². The van der Waals surface area contributed by atoms with Gasteiger partial charge in [-0.15, -0.1) is 0 Å². The number of carbonyl (C=O) groups excluding carboxylic acids is 1. The second-order valence-corrected chi connectivity index (χ2v) is 8.88. The molecule has 0 aliphatic rings. The molecule has 5 aromatic rings. The summed E-state index contributed by atoms with van der Waals surface area (Å²) in [5, 5.41) is 3.54. The van der Waals surface area contributed by atoms with Crippen molar-refractivity contribution >= 4 is 23.4 Å². The largest absolute Gasteiger partial charge is 0.325 e. The summed E-state index contributed by atoms with van der Waals surface area (Å²) in [4.78, 5) is 22.1. The second kappa shape index (κ2) is 10.8. The molecule has 35 heavy (non-hydrogen) atoms. The molecule has 170 valence electrons. The summed E-state index contributed by atoms with van der Waals surface area (Å²) < 4.78 is 0. The van der Waals surface area contributed by atoms with Gasteiger partial charge in [-0.1, -0.05) is 115 Å². The van der Waals surface area contributed by atoms with Gasteiger partial charge in [0.2, 0.25) is 5.91 Å². The van der Waals surface area contributed by atoms with E-state index in [9.17, 15) is 4.79 Å². The van der Waals surface area contributed by atoms with E-state index >= 15 is 0 Å². The average Bonchev–Trinajstić information content (AvgIpc) is 2.94. The maximum absolute atomic E-state index is 12.7. The molecule has 5 heteroatoms. The van der Waals surface area contributed by atoms with Gasteiger partial charge in [-0.3, -0.25) is 4.79 Å². The highest BCUT2D eigenvalue weighted by Gasteiger charge is 2.11. The minimum atomic E-state index is -0.0996. The van der Waals surface area contributed by atoms with E-state index in [0.29, 0.717) is 5.16 Å². The molecule has 0 spiro atoms. The quantitative estimate of drug-likeness (QED) is 0.200. The topological polar surface area (TPSA) is 54.9 Å².